The Morgan fingerprint density at radius 1 is 1.33 bits per heavy atom. The number of carbonyl (C=O) groups is 2. The Balaban J connectivity index is 1.99. The molecule has 0 saturated heterocycles. The van der Waals surface area contributed by atoms with Crippen molar-refractivity contribution < 1.29 is 9.59 Å². The van der Waals surface area contributed by atoms with Gasteiger partial charge in [-0.15, -0.1) is 11.3 Å². The highest BCUT2D eigenvalue weighted by Crippen LogP contribution is 2.12. The Kier molecular flexibility index (Phi) is 4.70. The number of rotatable bonds is 5. The zero-order valence-corrected chi connectivity index (χ0v) is 12.6. The van der Waals surface area contributed by atoms with E-state index in [-0.39, 0.29) is 29.7 Å². The van der Waals surface area contributed by atoms with Gasteiger partial charge in [0.1, 0.15) is 0 Å². The number of pyridine rings is 1. The highest BCUT2D eigenvalue weighted by molar-refractivity contribution is 7.12. The summed E-state index contributed by atoms with van der Waals surface area (Å²) in [6.45, 7) is 3.45. The number of hydrogen-bond acceptors (Lipinski definition) is 4. The summed E-state index contributed by atoms with van der Waals surface area (Å²) < 4.78 is 0. The van der Waals surface area contributed by atoms with Crippen molar-refractivity contribution in [3.8, 4) is 0 Å². The molecule has 0 spiro atoms. The number of Topliss-reactive ketones (excluding diaryl/α,β-unsaturated/α-hetero) is 1. The van der Waals surface area contributed by atoms with Gasteiger partial charge in [-0.05, 0) is 31.4 Å². The summed E-state index contributed by atoms with van der Waals surface area (Å²) >= 11 is 1.39. The lowest BCUT2D eigenvalue weighted by molar-refractivity contribution is 0.0918. The molecular formula is C15H16N2O3S. The van der Waals surface area contributed by atoms with Gasteiger partial charge in [0.15, 0.2) is 5.78 Å². The summed E-state index contributed by atoms with van der Waals surface area (Å²) in [7, 11) is 0. The Hall–Kier alpha value is -2.21. The molecule has 0 aliphatic heterocycles. The molecule has 21 heavy (non-hydrogen) atoms. The molecule has 2 rings (SSSR count). The van der Waals surface area contributed by atoms with Gasteiger partial charge in [-0.1, -0.05) is 6.07 Å². The van der Waals surface area contributed by atoms with Gasteiger partial charge in [0.05, 0.1) is 10.4 Å². The molecule has 2 aromatic heterocycles. The van der Waals surface area contributed by atoms with Crippen molar-refractivity contribution in [3.63, 3.8) is 0 Å². The summed E-state index contributed by atoms with van der Waals surface area (Å²) in [6.07, 6.45) is 0.245. The Morgan fingerprint density at radius 3 is 2.71 bits per heavy atom. The van der Waals surface area contributed by atoms with Crippen LogP contribution in [0.2, 0.25) is 0 Å². The normalized spacial score (nSPS) is 11.9. The summed E-state index contributed by atoms with van der Waals surface area (Å²) in [5, 5.41) is 4.62. The zero-order valence-electron chi connectivity index (χ0n) is 11.8. The minimum absolute atomic E-state index is 0.0102. The van der Waals surface area contributed by atoms with Crippen molar-refractivity contribution in [3.05, 3.63) is 56.1 Å². The molecule has 0 saturated carbocycles. The van der Waals surface area contributed by atoms with E-state index in [1.54, 1.807) is 19.9 Å². The lowest BCUT2D eigenvalue weighted by atomic mass is 10.1. The molecule has 0 fully saturated rings. The molecule has 0 bridgehead atoms. The molecule has 6 heteroatoms. The van der Waals surface area contributed by atoms with Crippen LogP contribution in [-0.2, 0) is 0 Å². The largest absolute Gasteiger partial charge is 0.349 e. The molecule has 0 aromatic carbocycles. The maximum Gasteiger partial charge on any atom is 0.253 e. The predicted octanol–water partition coefficient (Wildman–Crippen LogP) is 2.14. The molecule has 110 valence electrons. The van der Waals surface area contributed by atoms with Crippen LogP contribution in [0.5, 0.6) is 0 Å². The van der Waals surface area contributed by atoms with Crippen LogP contribution in [-0.4, -0.2) is 22.7 Å². The molecular weight excluding hydrogens is 288 g/mol. The van der Waals surface area contributed by atoms with Crippen molar-refractivity contribution in [1.82, 2.24) is 10.3 Å². The lowest BCUT2D eigenvalue weighted by Crippen LogP contribution is -2.35. The predicted molar refractivity (Wildman–Crippen MR) is 82.0 cm³/mol. The second kappa shape index (κ2) is 6.49. The second-order valence-electron chi connectivity index (χ2n) is 4.84. The number of hydrogen-bond donors (Lipinski definition) is 2. The number of amides is 1. The number of ketones is 1. The first kappa shape index (κ1) is 15.2. The number of carbonyl (C=O) groups excluding carboxylic acids is 2. The van der Waals surface area contributed by atoms with E-state index in [2.05, 4.69) is 10.3 Å². The molecule has 2 aromatic rings. The SMILES string of the molecule is Cc1[nH]c(=O)ccc1C(=O)N[C@@H](C)CC(=O)c1cccs1. The minimum atomic E-state index is -0.296. The van der Waals surface area contributed by atoms with Gasteiger partial charge in [0.25, 0.3) is 5.91 Å². The van der Waals surface area contributed by atoms with E-state index in [4.69, 9.17) is 0 Å². The van der Waals surface area contributed by atoms with Gasteiger partial charge in [-0.25, -0.2) is 0 Å². The second-order valence-corrected chi connectivity index (χ2v) is 5.79. The zero-order chi connectivity index (χ0) is 15.4. The van der Waals surface area contributed by atoms with Crippen LogP contribution >= 0.6 is 11.3 Å². The van der Waals surface area contributed by atoms with Gasteiger partial charge >= 0.3 is 0 Å². The topological polar surface area (TPSA) is 79.0 Å². The fourth-order valence-electron chi connectivity index (χ4n) is 1.99. The van der Waals surface area contributed by atoms with E-state index in [9.17, 15) is 14.4 Å². The summed E-state index contributed by atoms with van der Waals surface area (Å²) in [5.74, 6) is -0.286. The van der Waals surface area contributed by atoms with Crippen molar-refractivity contribution >= 4 is 23.0 Å². The molecule has 1 atom stereocenters. The third-order valence-corrected chi connectivity index (χ3v) is 3.94. The van der Waals surface area contributed by atoms with Crippen LogP contribution in [0.3, 0.4) is 0 Å². The first-order valence-corrected chi connectivity index (χ1v) is 7.43. The van der Waals surface area contributed by atoms with Crippen LogP contribution in [0.25, 0.3) is 0 Å². The maximum atomic E-state index is 12.1. The molecule has 1 amide bonds. The van der Waals surface area contributed by atoms with Crippen molar-refractivity contribution in [1.29, 1.82) is 0 Å². The van der Waals surface area contributed by atoms with Gasteiger partial charge < -0.3 is 10.3 Å². The molecule has 2 N–H and O–H groups in total. The quantitative estimate of drug-likeness (QED) is 0.831. The molecule has 0 aliphatic rings. The van der Waals surface area contributed by atoms with Crippen LogP contribution in [0, 0.1) is 6.92 Å². The van der Waals surface area contributed by atoms with Crippen LogP contribution in [0.15, 0.2) is 34.4 Å². The van der Waals surface area contributed by atoms with Crippen molar-refractivity contribution in [2.24, 2.45) is 0 Å². The molecule has 0 radical (unpaired) electrons. The summed E-state index contributed by atoms with van der Waals surface area (Å²) in [4.78, 5) is 38.5. The molecule has 2 heterocycles. The number of H-pyrrole nitrogens is 1. The summed E-state index contributed by atoms with van der Waals surface area (Å²) in [5.41, 5.74) is 0.673. The number of aromatic nitrogens is 1. The average Bonchev–Trinajstić information content (AvgIpc) is 2.91. The van der Waals surface area contributed by atoms with Crippen LogP contribution in [0.4, 0.5) is 0 Å². The van der Waals surface area contributed by atoms with Gasteiger partial charge in [-0.2, -0.15) is 0 Å². The number of thiophene rings is 1. The smallest absolute Gasteiger partial charge is 0.253 e. The van der Waals surface area contributed by atoms with E-state index in [0.717, 1.165) is 0 Å². The number of aromatic amines is 1. The first-order valence-electron chi connectivity index (χ1n) is 6.55. The van der Waals surface area contributed by atoms with E-state index >= 15 is 0 Å². The third-order valence-electron chi connectivity index (χ3n) is 3.03. The average molecular weight is 304 g/mol. The lowest BCUT2D eigenvalue weighted by Gasteiger charge is -2.13. The summed E-state index contributed by atoms with van der Waals surface area (Å²) in [6, 6.07) is 6.11. The number of aryl methyl sites for hydroxylation is 1. The maximum absolute atomic E-state index is 12.1. The van der Waals surface area contributed by atoms with E-state index in [1.165, 1.54) is 23.5 Å². The highest BCUT2D eigenvalue weighted by Gasteiger charge is 2.16. The Labute approximate surface area is 126 Å². The standard InChI is InChI=1S/C15H16N2O3S/c1-9(8-12(18)13-4-3-7-21-13)16-15(20)11-5-6-14(19)17-10(11)2/h3-7,9H,8H2,1-2H3,(H,16,20)(H,17,19)/t9-/m0/s1. The fraction of sp³-hybridized carbons (Fsp3) is 0.267. The van der Waals surface area contributed by atoms with E-state index in [1.807, 2.05) is 11.4 Å². The van der Waals surface area contributed by atoms with Gasteiger partial charge in [0.2, 0.25) is 5.56 Å². The van der Waals surface area contributed by atoms with Crippen LogP contribution in [0.1, 0.15) is 39.1 Å². The molecule has 0 unspecified atom stereocenters. The molecule has 0 aliphatic carbocycles. The van der Waals surface area contributed by atoms with E-state index in [0.29, 0.717) is 16.1 Å². The number of nitrogens with one attached hydrogen (secondary N) is 2. The van der Waals surface area contributed by atoms with Crippen molar-refractivity contribution in [2.45, 2.75) is 26.3 Å². The van der Waals surface area contributed by atoms with Crippen molar-refractivity contribution in [2.75, 3.05) is 0 Å². The third kappa shape index (κ3) is 3.88. The minimum Gasteiger partial charge on any atom is -0.349 e. The molecule has 5 nitrogen and oxygen atoms in total. The Bertz CT molecular complexity index is 704. The highest BCUT2D eigenvalue weighted by atomic mass is 32.1. The first-order chi connectivity index (χ1) is 9.97. The fourth-order valence-corrected chi connectivity index (χ4v) is 2.67. The van der Waals surface area contributed by atoms with E-state index < -0.39 is 0 Å². The van der Waals surface area contributed by atoms with Crippen LogP contribution < -0.4 is 10.9 Å². The van der Waals surface area contributed by atoms with Gasteiger partial charge in [0, 0.05) is 24.2 Å². The monoisotopic (exact) mass is 304 g/mol. The Morgan fingerprint density at radius 2 is 2.10 bits per heavy atom. The van der Waals surface area contributed by atoms with Gasteiger partial charge in [-0.3, -0.25) is 14.4 Å².